The van der Waals surface area contributed by atoms with E-state index >= 15 is 0 Å². The van der Waals surface area contributed by atoms with E-state index in [1.807, 2.05) is 0 Å². The summed E-state index contributed by atoms with van der Waals surface area (Å²) in [6, 6.07) is 9.87. The van der Waals surface area contributed by atoms with E-state index in [9.17, 15) is 8.42 Å². The molecule has 5 heteroatoms. The highest BCUT2D eigenvalue weighted by Crippen LogP contribution is 2.35. The number of rotatable bonds is 0. The number of benzene rings is 2. The van der Waals surface area contributed by atoms with Gasteiger partial charge in [0.2, 0.25) is 9.84 Å². The molecule has 0 atom stereocenters. The summed E-state index contributed by atoms with van der Waals surface area (Å²) in [6.07, 6.45) is 0.565. The number of hydrogen-bond acceptors (Lipinski definition) is 4. The number of hydrogen-bond donors (Lipinski definition) is 2. The Morgan fingerprint density at radius 2 is 1.50 bits per heavy atom. The molecule has 0 radical (unpaired) electrons. The van der Waals surface area contributed by atoms with Crippen LogP contribution >= 0.6 is 0 Å². The van der Waals surface area contributed by atoms with Crippen LogP contribution in [0.3, 0.4) is 0 Å². The van der Waals surface area contributed by atoms with Crippen molar-refractivity contribution >= 4 is 21.2 Å². The molecule has 0 fully saturated rings. The summed E-state index contributed by atoms with van der Waals surface area (Å²) in [7, 11) is -3.48. The normalized spacial score (nSPS) is 15.8. The molecule has 0 aliphatic carbocycles. The molecule has 0 saturated heterocycles. The van der Waals surface area contributed by atoms with Gasteiger partial charge in [-0.1, -0.05) is 6.07 Å². The van der Waals surface area contributed by atoms with E-state index in [0.717, 1.165) is 11.1 Å². The van der Waals surface area contributed by atoms with Crippen LogP contribution in [0.4, 0.5) is 11.4 Å². The molecule has 0 unspecified atom stereocenters. The quantitative estimate of drug-likeness (QED) is 0.601. The van der Waals surface area contributed by atoms with Crippen LogP contribution in [-0.4, -0.2) is 8.42 Å². The maximum Gasteiger partial charge on any atom is 0.207 e. The van der Waals surface area contributed by atoms with E-state index < -0.39 is 9.84 Å². The zero-order chi connectivity index (χ0) is 12.9. The van der Waals surface area contributed by atoms with E-state index in [1.165, 1.54) is 6.07 Å². The topological polar surface area (TPSA) is 86.2 Å². The van der Waals surface area contributed by atoms with Crippen LogP contribution in [0.15, 0.2) is 46.2 Å². The fourth-order valence-corrected chi connectivity index (χ4v) is 4.03. The first kappa shape index (κ1) is 11.1. The molecular formula is C13H12N2O2S. The fraction of sp³-hybridized carbons (Fsp3) is 0.0769. The van der Waals surface area contributed by atoms with E-state index in [0.29, 0.717) is 27.6 Å². The van der Waals surface area contributed by atoms with Crippen LogP contribution in [-0.2, 0) is 16.3 Å². The first-order valence-electron chi connectivity index (χ1n) is 5.50. The van der Waals surface area contributed by atoms with E-state index in [4.69, 9.17) is 11.5 Å². The monoisotopic (exact) mass is 260 g/mol. The Balaban J connectivity index is 2.33. The van der Waals surface area contributed by atoms with Crippen molar-refractivity contribution in [2.75, 3.05) is 11.5 Å². The van der Waals surface area contributed by atoms with Crippen molar-refractivity contribution in [1.29, 1.82) is 0 Å². The Kier molecular flexibility index (Phi) is 2.15. The van der Waals surface area contributed by atoms with Crippen LogP contribution < -0.4 is 11.5 Å². The molecule has 1 aliphatic rings. The van der Waals surface area contributed by atoms with Crippen molar-refractivity contribution in [2.45, 2.75) is 16.2 Å². The third-order valence-corrected chi connectivity index (χ3v) is 5.07. The van der Waals surface area contributed by atoms with Crippen molar-refractivity contribution in [3.8, 4) is 0 Å². The average molecular weight is 260 g/mol. The van der Waals surface area contributed by atoms with Gasteiger partial charge in [-0.15, -0.1) is 0 Å². The lowest BCUT2D eigenvalue weighted by Gasteiger charge is -2.20. The first-order chi connectivity index (χ1) is 8.48. The maximum atomic E-state index is 12.5. The average Bonchev–Trinajstić information content (AvgIpc) is 2.30. The standard InChI is InChI=1S/C13H12N2O2S/c14-10-3-4-12-9(6-10)5-8-1-2-11(15)7-13(8)18(12,16)17/h1-4,6-7H,5,14-15H2. The van der Waals surface area contributed by atoms with Gasteiger partial charge in [-0.25, -0.2) is 8.42 Å². The summed E-state index contributed by atoms with van der Waals surface area (Å²) < 4.78 is 24.9. The van der Waals surface area contributed by atoms with E-state index in [1.54, 1.807) is 30.3 Å². The van der Waals surface area contributed by atoms with Crippen LogP contribution in [0.5, 0.6) is 0 Å². The Morgan fingerprint density at radius 1 is 0.833 bits per heavy atom. The van der Waals surface area contributed by atoms with Crippen LogP contribution in [0.1, 0.15) is 11.1 Å². The molecule has 2 aromatic carbocycles. The van der Waals surface area contributed by atoms with Gasteiger partial charge < -0.3 is 11.5 Å². The Bertz CT molecular complexity index is 752. The lowest BCUT2D eigenvalue weighted by atomic mass is 10.0. The van der Waals surface area contributed by atoms with Gasteiger partial charge >= 0.3 is 0 Å². The van der Waals surface area contributed by atoms with Crippen molar-refractivity contribution in [3.63, 3.8) is 0 Å². The highest BCUT2D eigenvalue weighted by Gasteiger charge is 2.29. The summed E-state index contributed by atoms with van der Waals surface area (Å²) in [5.74, 6) is 0. The fourth-order valence-electron chi connectivity index (χ4n) is 2.29. The van der Waals surface area contributed by atoms with Gasteiger partial charge in [-0.2, -0.15) is 0 Å². The molecule has 2 aromatic rings. The van der Waals surface area contributed by atoms with Crippen molar-refractivity contribution < 1.29 is 8.42 Å². The number of sulfone groups is 1. The summed E-state index contributed by atoms with van der Waals surface area (Å²) >= 11 is 0. The van der Waals surface area contributed by atoms with Gasteiger partial charge in [-0.3, -0.25) is 0 Å². The summed E-state index contributed by atoms with van der Waals surface area (Å²) in [5, 5.41) is 0. The van der Waals surface area contributed by atoms with Crippen LogP contribution in [0.25, 0.3) is 0 Å². The maximum absolute atomic E-state index is 12.5. The second-order valence-corrected chi connectivity index (χ2v) is 6.30. The van der Waals surface area contributed by atoms with Gasteiger partial charge in [0, 0.05) is 17.8 Å². The number of anilines is 2. The van der Waals surface area contributed by atoms with Gasteiger partial charge in [0.05, 0.1) is 9.79 Å². The van der Waals surface area contributed by atoms with E-state index in [-0.39, 0.29) is 0 Å². The van der Waals surface area contributed by atoms with Crippen molar-refractivity contribution in [3.05, 3.63) is 47.5 Å². The molecule has 1 heterocycles. The smallest absolute Gasteiger partial charge is 0.207 e. The number of nitrogen functional groups attached to an aromatic ring is 2. The minimum Gasteiger partial charge on any atom is -0.399 e. The largest absolute Gasteiger partial charge is 0.399 e. The minimum absolute atomic E-state index is 0.305. The van der Waals surface area contributed by atoms with Gasteiger partial charge in [0.25, 0.3) is 0 Å². The SMILES string of the molecule is Nc1ccc2c(c1)Cc1ccc(N)cc1S2(=O)=O. The zero-order valence-electron chi connectivity index (χ0n) is 9.55. The van der Waals surface area contributed by atoms with Gasteiger partial charge in [0.1, 0.15) is 0 Å². The second kappa shape index (κ2) is 3.49. The molecule has 0 bridgehead atoms. The molecule has 3 rings (SSSR count). The Morgan fingerprint density at radius 3 is 2.28 bits per heavy atom. The number of nitrogens with two attached hydrogens (primary N) is 2. The minimum atomic E-state index is -3.48. The molecule has 1 aliphatic heterocycles. The highest BCUT2D eigenvalue weighted by molar-refractivity contribution is 7.91. The molecule has 0 aromatic heterocycles. The van der Waals surface area contributed by atoms with Gasteiger partial charge in [0.15, 0.2) is 0 Å². The molecule has 0 saturated carbocycles. The van der Waals surface area contributed by atoms with Crippen molar-refractivity contribution in [1.82, 2.24) is 0 Å². The predicted molar refractivity (Wildman–Crippen MR) is 70.0 cm³/mol. The molecule has 0 amide bonds. The summed E-state index contributed by atoms with van der Waals surface area (Å²) in [4.78, 5) is 0.634. The van der Waals surface area contributed by atoms with Gasteiger partial charge in [-0.05, 0) is 41.5 Å². The lowest BCUT2D eigenvalue weighted by molar-refractivity contribution is 0.592. The highest BCUT2D eigenvalue weighted by atomic mass is 32.2. The molecule has 92 valence electrons. The van der Waals surface area contributed by atoms with Crippen LogP contribution in [0, 0.1) is 0 Å². The first-order valence-corrected chi connectivity index (χ1v) is 6.99. The lowest BCUT2D eigenvalue weighted by Crippen LogP contribution is -2.15. The predicted octanol–water partition coefficient (Wildman–Crippen LogP) is 1.59. The molecule has 4 nitrogen and oxygen atoms in total. The Hall–Kier alpha value is -2.01. The Labute approximate surface area is 105 Å². The van der Waals surface area contributed by atoms with Crippen LogP contribution in [0.2, 0.25) is 0 Å². The molecule has 4 N–H and O–H groups in total. The zero-order valence-corrected chi connectivity index (χ0v) is 10.4. The molecule has 0 spiro atoms. The summed E-state index contributed by atoms with van der Waals surface area (Å²) in [6.45, 7) is 0. The molecule has 18 heavy (non-hydrogen) atoms. The third kappa shape index (κ3) is 1.48. The molecular weight excluding hydrogens is 248 g/mol. The van der Waals surface area contributed by atoms with Crippen molar-refractivity contribution in [2.24, 2.45) is 0 Å². The third-order valence-electron chi connectivity index (χ3n) is 3.14. The number of fused-ring (bicyclic) bond motifs is 2. The second-order valence-electron chi connectivity index (χ2n) is 4.41. The van der Waals surface area contributed by atoms with E-state index in [2.05, 4.69) is 0 Å². The summed E-state index contributed by atoms with van der Waals surface area (Å²) in [5.41, 5.74) is 13.9.